The molecule has 0 bridgehead atoms. The Bertz CT molecular complexity index is 506. The van der Waals surface area contributed by atoms with Crippen molar-refractivity contribution in [3.8, 4) is 0 Å². The van der Waals surface area contributed by atoms with E-state index >= 15 is 0 Å². The predicted molar refractivity (Wildman–Crippen MR) is 65.8 cm³/mol. The number of fused-ring (bicyclic) bond motifs is 1. The SMILES string of the molecule is NC(CCc1ccc2ccsc2c1)C(=O)O. The summed E-state index contributed by atoms with van der Waals surface area (Å²) < 4.78 is 1.24. The molecule has 0 amide bonds. The van der Waals surface area contributed by atoms with Crippen LogP contribution in [0, 0.1) is 0 Å². The van der Waals surface area contributed by atoms with E-state index in [0.717, 1.165) is 5.56 Å². The molecule has 0 aliphatic heterocycles. The lowest BCUT2D eigenvalue weighted by atomic mass is 10.1. The lowest BCUT2D eigenvalue weighted by Crippen LogP contribution is -2.30. The minimum Gasteiger partial charge on any atom is -0.480 e. The Balaban J connectivity index is 2.06. The first-order valence-corrected chi connectivity index (χ1v) is 5.99. The topological polar surface area (TPSA) is 63.3 Å². The Hall–Kier alpha value is -1.39. The third kappa shape index (κ3) is 2.40. The number of nitrogens with two attached hydrogens (primary N) is 1. The van der Waals surface area contributed by atoms with E-state index in [1.54, 1.807) is 11.3 Å². The van der Waals surface area contributed by atoms with Crippen molar-refractivity contribution >= 4 is 27.4 Å². The molecule has 84 valence electrons. The highest BCUT2D eigenvalue weighted by Crippen LogP contribution is 2.22. The van der Waals surface area contributed by atoms with E-state index in [0.29, 0.717) is 12.8 Å². The highest BCUT2D eigenvalue weighted by atomic mass is 32.1. The summed E-state index contributed by atoms with van der Waals surface area (Å²) in [7, 11) is 0. The smallest absolute Gasteiger partial charge is 0.320 e. The van der Waals surface area contributed by atoms with Crippen LogP contribution in [0.3, 0.4) is 0 Å². The van der Waals surface area contributed by atoms with E-state index in [-0.39, 0.29) is 0 Å². The number of carbonyl (C=O) groups is 1. The summed E-state index contributed by atoms with van der Waals surface area (Å²) in [4.78, 5) is 10.6. The molecule has 0 saturated carbocycles. The zero-order valence-corrected chi connectivity index (χ0v) is 9.54. The first-order valence-electron chi connectivity index (χ1n) is 5.11. The molecule has 1 unspecified atom stereocenters. The van der Waals surface area contributed by atoms with Gasteiger partial charge in [-0.1, -0.05) is 12.1 Å². The van der Waals surface area contributed by atoms with Crippen LogP contribution in [0.5, 0.6) is 0 Å². The number of rotatable bonds is 4. The minimum atomic E-state index is -0.933. The summed E-state index contributed by atoms with van der Waals surface area (Å²) in [6, 6.07) is 7.51. The maximum Gasteiger partial charge on any atom is 0.320 e. The Labute approximate surface area is 97.5 Å². The average Bonchev–Trinajstić information content (AvgIpc) is 2.72. The van der Waals surface area contributed by atoms with Crippen LogP contribution in [0.15, 0.2) is 29.6 Å². The van der Waals surface area contributed by atoms with Crippen molar-refractivity contribution in [3.05, 3.63) is 35.2 Å². The predicted octanol–water partition coefficient (Wildman–Crippen LogP) is 2.25. The van der Waals surface area contributed by atoms with E-state index in [1.807, 2.05) is 6.07 Å². The van der Waals surface area contributed by atoms with Gasteiger partial charge in [0, 0.05) is 4.70 Å². The van der Waals surface area contributed by atoms with Crippen LogP contribution in [0.1, 0.15) is 12.0 Å². The lowest BCUT2D eigenvalue weighted by Gasteiger charge is -2.06. The van der Waals surface area contributed by atoms with Crippen LogP contribution in [0.25, 0.3) is 10.1 Å². The lowest BCUT2D eigenvalue weighted by molar-refractivity contribution is -0.138. The maximum absolute atomic E-state index is 10.6. The van der Waals surface area contributed by atoms with Gasteiger partial charge in [-0.25, -0.2) is 0 Å². The van der Waals surface area contributed by atoms with Gasteiger partial charge in [-0.2, -0.15) is 0 Å². The van der Waals surface area contributed by atoms with Crippen LogP contribution >= 0.6 is 11.3 Å². The zero-order chi connectivity index (χ0) is 11.5. The molecule has 0 fully saturated rings. The Morgan fingerprint density at radius 2 is 2.25 bits per heavy atom. The summed E-state index contributed by atoms with van der Waals surface area (Å²) >= 11 is 1.69. The van der Waals surface area contributed by atoms with Gasteiger partial charge in [0.15, 0.2) is 0 Å². The van der Waals surface area contributed by atoms with Crippen LogP contribution in [-0.4, -0.2) is 17.1 Å². The number of carboxylic acid groups (broad SMARTS) is 1. The summed E-state index contributed by atoms with van der Waals surface area (Å²) in [6.07, 6.45) is 1.19. The maximum atomic E-state index is 10.6. The molecular formula is C12H13NO2S. The fourth-order valence-electron chi connectivity index (χ4n) is 1.60. The van der Waals surface area contributed by atoms with E-state index in [1.165, 1.54) is 10.1 Å². The fraction of sp³-hybridized carbons (Fsp3) is 0.250. The largest absolute Gasteiger partial charge is 0.480 e. The summed E-state index contributed by atoms with van der Waals surface area (Å²) in [5.74, 6) is -0.933. The van der Waals surface area contributed by atoms with Crippen LogP contribution in [0.4, 0.5) is 0 Å². The van der Waals surface area contributed by atoms with Crippen molar-refractivity contribution in [2.75, 3.05) is 0 Å². The highest BCUT2D eigenvalue weighted by molar-refractivity contribution is 7.17. The number of thiophene rings is 1. The van der Waals surface area contributed by atoms with Gasteiger partial charge in [0.25, 0.3) is 0 Å². The molecule has 0 saturated heterocycles. The summed E-state index contributed by atoms with van der Waals surface area (Å²) in [6.45, 7) is 0. The van der Waals surface area contributed by atoms with Crippen LogP contribution in [-0.2, 0) is 11.2 Å². The quantitative estimate of drug-likeness (QED) is 0.854. The molecule has 1 heterocycles. The second kappa shape index (κ2) is 4.63. The van der Waals surface area contributed by atoms with Gasteiger partial charge in [-0.3, -0.25) is 4.79 Å². The van der Waals surface area contributed by atoms with Crippen molar-refractivity contribution in [1.82, 2.24) is 0 Å². The highest BCUT2D eigenvalue weighted by Gasteiger charge is 2.10. The van der Waals surface area contributed by atoms with E-state index < -0.39 is 12.0 Å². The molecule has 1 aromatic heterocycles. The van der Waals surface area contributed by atoms with Gasteiger partial charge < -0.3 is 10.8 Å². The van der Waals surface area contributed by atoms with Gasteiger partial charge in [0.2, 0.25) is 0 Å². The third-order valence-corrected chi connectivity index (χ3v) is 3.46. The normalized spacial score (nSPS) is 12.8. The molecule has 0 aliphatic carbocycles. The van der Waals surface area contributed by atoms with E-state index in [9.17, 15) is 4.79 Å². The molecule has 0 radical (unpaired) electrons. The van der Waals surface area contributed by atoms with Gasteiger partial charge in [-0.15, -0.1) is 11.3 Å². The van der Waals surface area contributed by atoms with Gasteiger partial charge >= 0.3 is 5.97 Å². The van der Waals surface area contributed by atoms with E-state index in [2.05, 4.69) is 23.6 Å². The monoisotopic (exact) mass is 235 g/mol. The molecule has 4 heteroatoms. The number of benzene rings is 1. The van der Waals surface area contributed by atoms with Gasteiger partial charge in [0.05, 0.1) is 0 Å². The van der Waals surface area contributed by atoms with Crippen molar-refractivity contribution in [2.45, 2.75) is 18.9 Å². The van der Waals surface area contributed by atoms with Crippen molar-refractivity contribution in [1.29, 1.82) is 0 Å². The van der Waals surface area contributed by atoms with Crippen molar-refractivity contribution in [3.63, 3.8) is 0 Å². The molecule has 1 aromatic carbocycles. The number of hydrogen-bond acceptors (Lipinski definition) is 3. The molecule has 0 aliphatic rings. The zero-order valence-electron chi connectivity index (χ0n) is 8.72. The molecule has 1 atom stereocenters. The summed E-state index contributed by atoms with van der Waals surface area (Å²) in [5, 5.41) is 12.0. The third-order valence-electron chi connectivity index (χ3n) is 2.58. The second-order valence-electron chi connectivity index (χ2n) is 3.78. The number of hydrogen-bond donors (Lipinski definition) is 2. The van der Waals surface area contributed by atoms with Crippen LogP contribution < -0.4 is 5.73 Å². The van der Waals surface area contributed by atoms with Crippen molar-refractivity contribution < 1.29 is 9.90 Å². The van der Waals surface area contributed by atoms with Gasteiger partial charge in [-0.05, 0) is 41.3 Å². The Kier molecular flexibility index (Phi) is 3.22. The van der Waals surface area contributed by atoms with Gasteiger partial charge in [0.1, 0.15) is 6.04 Å². The number of aryl methyl sites for hydroxylation is 1. The second-order valence-corrected chi connectivity index (χ2v) is 4.72. The van der Waals surface area contributed by atoms with Crippen molar-refractivity contribution in [2.24, 2.45) is 5.73 Å². The molecular weight excluding hydrogens is 222 g/mol. The molecule has 3 N–H and O–H groups in total. The van der Waals surface area contributed by atoms with Crippen LogP contribution in [0.2, 0.25) is 0 Å². The average molecular weight is 235 g/mol. The number of carboxylic acids is 1. The Morgan fingerprint density at radius 3 is 3.00 bits per heavy atom. The van der Waals surface area contributed by atoms with E-state index in [4.69, 9.17) is 10.8 Å². The standard InChI is InChI=1S/C12H13NO2S/c13-10(12(14)15)4-2-8-1-3-9-5-6-16-11(9)7-8/h1,3,5-7,10H,2,4,13H2,(H,14,15). The minimum absolute atomic E-state index is 0.478. The first-order chi connectivity index (χ1) is 7.66. The molecule has 3 nitrogen and oxygen atoms in total. The molecule has 2 aromatic rings. The Morgan fingerprint density at radius 1 is 1.44 bits per heavy atom. The first kappa shape index (κ1) is 11.1. The molecule has 16 heavy (non-hydrogen) atoms. The summed E-state index contributed by atoms with van der Waals surface area (Å²) in [5.41, 5.74) is 6.61. The molecule has 0 spiro atoms. The number of aliphatic carboxylic acids is 1. The fourth-order valence-corrected chi connectivity index (χ4v) is 2.45. The molecule has 2 rings (SSSR count).